The first kappa shape index (κ1) is 32.4. The van der Waals surface area contributed by atoms with Crippen LogP contribution in [0.2, 0.25) is 0 Å². The molecule has 3 heterocycles. The summed E-state index contributed by atoms with van der Waals surface area (Å²) in [7, 11) is -0.891. The van der Waals surface area contributed by atoms with Gasteiger partial charge in [-0.1, -0.05) is 25.5 Å². The maximum atomic E-state index is 12.8. The van der Waals surface area contributed by atoms with E-state index in [-0.39, 0.29) is 36.1 Å². The number of carbonyl (C=O) groups is 1. The molecular formula is C34H34N4O9S. The van der Waals surface area contributed by atoms with Crippen LogP contribution in [0.1, 0.15) is 36.8 Å². The summed E-state index contributed by atoms with van der Waals surface area (Å²) in [5.41, 5.74) is 2.14. The summed E-state index contributed by atoms with van der Waals surface area (Å²) in [5.74, 6) is 2.02. The molecule has 0 atom stereocenters. The minimum Gasteiger partial charge on any atom is -0.497 e. The van der Waals surface area contributed by atoms with Gasteiger partial charge in [-0.2, -0.15) is 8.42 Å². The van der Waals surface area contributed by atoms with Gasteiger partial charge in [0.25, 0.3) is 10.0 Å². The van der Waals surface area contributed by atoms with Gasteiger partial charge in [0.15, 0.2) is 17.3 Å². The number of benzene rings is 3. The van der Waals surface area contributed by atoms with Crippen LogP contribution in [0.4, 0.5) is 5.69 Å². The van der Waals surface area contributed by atoms with Crippen molar-refractivity contribution in [2.24, 2.45) is 4.40 Å². The number of nitrogens with one attached hydrogen (secondary N) is 1. The van der Waals surface area contributed by atoms with Gasteiger partial charge in [0, 0.05) is 36.1 Å². The molecule has 0 spiro atoms. The summed E-state index contributed by atoms with van der Waals surface area (Å²) < 4.78 is 59.6. The first-order valence-corrected chi connectivity index (χ1v) is 16.6. The van der Waals surface area contributed by atoms with Crippen molar-refractivity contribution in [3.05, 3.63) is 83.4 Å². The van der Waals surface area contributed by atoms with E-state index in [2.05, 4.69) is 21.6 Å². The van der Waals surface area contributed by atoms with Crippen LogP contribution in [0.5, 0.6) is 28.7 Å². The van der Waals surface area contributed by atoms with Gasteiger partial charge in [-0.15, -0.1) is 4.40 Å². The van der Waals surface area contributed by atoms with Crippen LogP contribution in [0, 0.1) is 0 Å². The predicted molar refractivity (Wildman–Crippen MR) is 177 cm³/mol. The Balaban J connectivity index is 1.39. The number of sulfonamides is 1. The molecule has 0 aliphatic carbocycles. The number of hydrogen-bond donors (Lipinski definition) is 2. The molecule has 2 N–H and O–H groups in total. The van der Waals surface area contributed by atoms with Crippen molar-refractivity contribution < 1.29 is 42.0 Å². The van der Waals surface area contributed by atoms with Crippen molar-refractivity contribution in [3.63, 3.8) is 0 Å². The summed E-state index contributed by atoms with van der Waals surface area (Å²) >= 11 is 0. The Morgan fingerprint density at radius 3 is 2.60 bits per heavy atom. The van der Waals surface area contributed by atoms with Crippen LogP contribution in [-0.4, -0.2) is 62.5 Å². The summed E-state index contributed by atoms with van der Waals surface area (Å²) in [5, 5.41) is 13.4. The molecule has 2 aliphatic heterocycles. The lowest BCUT2D eigenvalue weighted by molar-refractivity contribution is -0.132. The summed E-state index contributed by atoms with van der Waals surface area (Å²) in [6.45, 7) is 1.94. The molecule has 0 fully saturated rings. The summed E-state index contributed by atoms with van der Waals surface area (Å²) in [6, 6.07) is 15.1. The lowest BCUT2D eigenvalue weighted by atomic mass is 10.0. The van der Waals surface area contributed by atoms with Crippen LogP contribution < -0.4 is 29.0 Å². The summed E-state index contributed by atoms with van der Waals surface area (Å²) in [4.78, 5) is 17.4. The minimum absolute atomic E-state index is 0.0258. The molecule has 0 radical (unpaired) electrons. The molecule has 6 rings (SSSR count). The number of carboxylic acids is 1. The van der Waals surface area contributed by atoms with Gasteiger partial charge >= 0.3 is 5.97 Å². The lowest BCUT2D eigenvalue weighted by Crippen LogP contribution is -2.27. The van der Waals surface area contributed by atoms with E-state index in [0.717, 1.165) is 12.8 Å². The zero-order valence-electron chi connectivity index (χ0n) is 26.6. The zero-order chi connectivity index (χ0) is 33.8. The zero-order valence-corrected chi connectivity index (χ0v) is 27.4. The number of aryl methyl sites for hydroxylation is 1. The highest BCUT2D eigenvalue weighted by Crippen LogP contribution is 2.39. The van der Waals surface area contributed by atoms with Crippen molar-refractivity contribution in [1.82, 2.24) is 9.55 Å². The fraction of sp³-hybridized carbons (Fsp3) is 0.265. The topological polar surface area (TPSA) is 160 Å². The molecule has 0 amide bonds. The van der Waals surface area contributed by atoms with Crippen LogP contribution >= 0.6 is 0 Å². The van der Waals surface area contributed by atoms with E-state index < -0.39 is 16.0 Å². The number of aliphatic carboxylic acids is 1. The number of anilines is 1. The molecule has 0 bridgehead atoms. The number of ether oxygens (including phenoxy) is 5. The smallest absolute Gasteiger partial charge is 0.331 e. The van der Waals surface area contributed by atoms with Crippen molar-refractivity contribution in [1.29, 1.82) is 0 Å². The third-order valence-electron chi connectivity index (χ3n) is 7.82. The number of hydrogen-bond acceptors (Lipinski definition) is 10. The SMILES string of the molecule is CCCCc1ncc(/C=C(\Cc2cc3c(cc2OC)OCO3)C(=O)O)n1-c1ccc(OC)cc1OCC1=NS(=O)(=O)c2ccccc2N1. The molecule has 48 heavy (non-hydrogen) atoms. The Labute approximate surface area is 277 Å². The van der Waals surface area contributed by atoms with Gasteiger partial charge in [-0.3, -0.25) is 4.57 Å². The van der Waals surface area contributed by atoms with Gasteiger partial charge in [0.1, 0.15) is 34.6 Å². The van der Waals surface area contributed by atoms with E-state index in [4.69, 9.17) is 23.7 Å². The Morgan fingerprint density at radius 1 is 1.06 bits per heavy atom. The van der Waals surface area contributed by atoms with Gasteiger partial charge in [0.05, 0.1) is 37.5 Å². The first-order valence-electron chi connectivity index (χ1n) is 15.2. The maximum absolute atomic E-state index is 12.8. The van der Waals surface area contributed by atoms with Crippen molar-refractivity contribution in [3.8, 4) is 34.4 Å². The molecule has 0 unspecified atom stereocenters. The highest BCUT2D eigenvalue weighted by Gasteiger charge is 2.26. The standard InChI is InChI=1S/C34H34N4O9S/c1-4-5-10-33-35-18-23(14-22(34(39)40)13-21-15-29-30(47-20-46-29)17-27(21)44-3)38(33)26-12-11-24(43-2)16-28(26)45-19-32-36-25-8-6-7-9-31(25)48(41,42)37-32/h6-9,11-12,14-18H,4-5,10,13,19-20H2,1-3H3,(H,36,37)(H,39,40)/b22-14+. The second kappa shape index (κ2) is 13.7. The predicted octanol–water partition coefficient (Wildman–Crippen LogP) is 5.26. The average Bonchev–Trinajstić information content (AvgIpc) is 3.71. The average molecular weight is 675 g/mol. The Kier molecular flexibility index (Phi) is 9.26. The number of fused-ring (bicyclic) bond motifs is 2. The Morgan fingerprint density at radius 2 is 1.85 bits per heavy atom. The fourth-order valence-electron chi connectivity index (χ4n) is 5.46. The number of aromatic nitrogens is 2. The molecule has 3 aromatic carbocycles. The number of para-hydroxylation sites is 1. The first-order chi connectivity index (χ1) is 23.2. The number of unbranched alkanes of at least 4 members (excludes halogenated alkanes) is 1. The molecular weight excluding hydrogens is 640 g/mol. The van der Waals surface area contributed by atoms with E-state index in [1.54, 1.807) is 60.8 Å². The van der Waals surface area contributed by atoms with E-state index >= 15 is 0 Å². The van der Waals surface area contributed by atoms with Gasteiger partial charge in [0.2, 0.25) is 6.79 Å². The van der Waals surface area contributed by atoms with E-state index in [0.29, 0.717) is 63.6 Å². The number of amidine groups is 1. The highest BCUT2D eigenvalue weighted by atomic mass is 32.2. The van der Waals surface area contributed by atoms with Gasteiger partial charge in [-0.25, -0.2) is 9.78 Å². The quantitative estimate of drug-likeness (QED) is 0.178. The normalized spacial score (nSPS) is 14.5. The third kappa shape index (κ3) is 6.65. The maximum Gasteiger partial charge on any atom is 0.331 e. The highest BCUT2D eigenvalue weighted by molar-refractivity contribution is 7.90. The number of nitrogens with zero attached hydrogens (tertiary/aromatic N) is 3. The molecule has 13 nitrogen and oxygen atoms in total. The number of methoxy groups -OCH3 is 2. The second-order valence-electron chi connectivity index (χ2n) is 11.0. The summed E-state index contributed by atoms with van der Waals surface area (Å²) in [6.07, 6.45) is 5.57. The fourth-order valence-corrected chi connectivity index (χ4v) is 6.59. The molecule has 0 saturated carbocycles. The third-order valence-corrected chi connectivity index (χ3v) is 9.19. The van der Waals surface area contributed by atoms with Crippen molar-refractivity contribution >= 4 is 33.6 Å². The van der Waals surface area contributed by atoms with Crippen molar-refractivity contribution in [2.75, 3.05) is 32.9 Å². The molecule has 250 valence electrons. The van der Waals surface area contributed by atoms with Crippen LogP contribution in [-0.2, 0) is 27.7 Å². The molecule has 4 aromatic rings. The van der Waals surface area contributed by atoms with Gasteiger partial charge < -0.3 is 34.1 Å². The molecule has 2 aliphatic rings. The lowest BCUT2D eigenvalue weighted by Gasteiger charge is -2.20. The Hall–Kier alpha value is -5.50. The van der Waals surface area contributed by atoms with Crippen molar-refractivity contribution in [2.45, 2.75) is 37.5 Å². The van der Waals surface area contributed by atoms with Crippen LogP contribution in [0.3, 0.4) is 0 Å². The van der Waals surface area contributed by atoms with Crippen LogP contribution in [0.25, 0.3) is 11.8 Å². The minimum atomic E-state index is -3.92. The van der Waals surface area contributed by atoms with E-state index in [1.165, 1.54) is 20.3 Å². The van der Waals surface area contributed by atoms with Crippen LogP contribution in [0.15, 0.2) is 75.7 Å². The van der Waals surface area contributed by atoms with Gasteiger partial charge in [-0.05, 0) is 42.8 Å². The number of carboxylic acid groups (broad SMARTS) is 1. The monoisotopic (exact) mass is 674 g/mol. The second-order valence-corrected chi connectivity index (χ2v) is 12.5. The number of rotatable bonds is 13. The Bertz CT molecular complexity index is 2040. The van der Waals surface area contributed by atoms with E-state index in [1.807, 2.05) is 4.57 Å². The largest absolute Gasteiger partial charge is 0.497 e. The molecule has 1 aromatic heterocycles. The number of imidazole rings is 1. The molecule has 14 heteroatoms. The molecule has 0 saturated heterocycles. The van der Waals surface area contributed by atoms with E-state index in [9.17, 15) is 18.3 Å².